The number of carbonyl (C=O) groups is 1. The van der Waals surface area contributed by atoms with Crippen LogP contribution in [0.25, 0.3) is 0 Å². The molecule has 1 heterocycles. The summed E-state index contributed by atoms with van der Waals surface area (Å²) in [5.74, 6) is 0.355. The molecule has 2 aromatic carbocycles. The number of aromatic nitrogens is 1. The second-order valence-corrected chi connectivity index (χ2v) is 5.87. The Hall–Kier alpha value is -3.18. The molecule has 0 unspecified atom stereocenters. The van der Waals surface area contributed by atoms with Gasteiger partial charge in [-0.15, -0.1) is 0 Å². The summed E-state index contributed by atoms with van der Waals surface area (Å²) in [5, 5.41) is 10.6. The normalized spacial score (nSPS) is 10.3. The van der Waals surface area contributed by atoms with Crippen LogP contribution in [0.15, 0.2) is 79.0 Å². The van der Waals surface area contributed by atoms with E-state index in [0.717, 1.165) is 16.9 Å². The van der Waals surface area contributed by atoms with Crippen molar-refractivity contribution in [1.29, 1.82) is 0 Å². The van der Waals surface area contributed by atoms with E-state index < -0.39 is 0 Å². The number of ether oxygens (including phenoxy) is 1. The predicted octanol–water partition coefficient (Wildman–Crippen LogP) is 3.62. The minimum atomic E-state index is -0.381. The monoisotopic (exact) mass is 348 g/mol. The van der Waals surface area contributed by atoms with E-state index >= 15 is 0 Å². The van der Waals surface area contributed by atoms with Crippen molar-refractivity contribution in [2.45, 2.75) is 19.6 Å². The van der Waals surface area contributed by atoms with Crippen LogP contribution < -0.4 is 4.74 Å². The van der Waals surface area contributed by atoms with Gasteiger partial charge in [-0.2, -0.15) is 0 Å². The maximum absolute atomic E-state index is 12.1. The van der Waals surface area contributed by atoms with Gasteiger partial charge < -0.3 is 4.74 Å². The fourth-order valence-electron chi connectivity index (χ4n) is 2.44. The fourth-order valence-corrected chi connectivity index (χ4v) is 2.44. The molecule has 0 spiro atoms. The standard InChI is InChI=1S/C21H20N2O3/c24-21(23(25)15-19-8-4-5-13-22-19)14-17-9-11-20(12-10-17)26-16-18-6-2-1-3-7-18/h1-13,25H,14-16H2. The topological polar surface area (TPSA) is 62.7 Å². The van der Waals surface area contributed by atoms with Gasteiger partial charge in [0.2, 0.25) is 0 Å². The Balaban J connectivity index is 1.51. The number of hydrogen-bond donors (Lipinski definition) is 1. The van der Waals surface area contributed by atoms with Crippen LogP contribution in [0.1, 0.15) is 16.8 Å². The van der Waals surface area contributed by atoms with E-state index in [9.17, 15) is 10.0 Å². The average molecular weight is 348 g/mol. The molecule has 0 aliphatic rings. The lowest BCUT2D eigenvalue weighted by molar-refractivity contribution is -0.167. The zero-order chi connectivity index (χ0) is 18.2. The van der Waals surface area contributed by atoms with Crippen LogP contribution in [0.4, 0.5) is 0 Å². The minimum absolute atomic E-state index is 0.0674. The molecular formula is C21H20N2O3. The van der Waals surface area contributed by atoms with Gasteiger partial charge in [0, 0.05) is 6.20 Å². The molecule has 3 aromatic rings. The summed E-state index contributed by atoms with van der Waals surface area (Å²) in [6.45, 7) is 0.561. The van der Waals surface area contributed by atoms with Crippen molar-refractivity contribution in [3.05, 3.63) is 95.8 Å². The molecule has 132 valence electrons. The van der Waals surface area contributed by atoms with Crippen LogP contribution in [0, 0.1) is 0 Å². The number of carbonyl (C=O) groups excluding carboxylic acids is 1. The Morgan fingerprint density at radius 1 is 0.923 bits per heavy atom. The summed E-state index contributed by atoms with van der Waals surface area (Å²) in [6.07, 6.45) is 1.74. The highest BCUT2D eigenvalue weighted by atomic mass is 16.5. The van der Waals surface area contributed by atoms with Crippen molar-refractivity contribution >= 4 is 5.91 Å². The molecule has 0 fully saturated rings. The minimum Gasteiger partial charge on any atom is -0.489 e. The lowest BCUT2D eigenvalue weighted by Crippen LogP contribution is -2.28. The van der Waals surface area contributed by atoms with Crippen molar-refractivity contribution in [2.75, 3.05) is 0 Å². The number of pyridine rings is 1. The van der Waals surface area contributed by atoms with Gasteiger partial charge in [0.1, 0.15) is 12.4 Å². The molecule has 0 aliphatic heterocycles. The molecule has 5 nitrogen and oxygen atoms in total. The van der Waals surface area contributed by atoms with Crippen LogP contribution in [0.2, 0.25) is 0 Å². The molecule has 1 N–H and O–H groups in total. The first-order valence-electron chi connectivity index (χ1n) is 8.35. The number of hydrogen-bond acceptors (Lipinski definition) is 4. The van der Waals surface area contributed by atoms with Gasteiger partial charge in [-0.1, -0.05) is 48.5 Å². The summed E-state index contributed by atoms with van der Waals surface area (Å²) in [4.78, 5) is 16.2. The van der Waals surface area contributed by atoms with Gasteiger partial charge in [0.15, 0.2) is 0 Å². The number of hydroxylamine groups is 2. The summed E-state index contributed by atoms with van der Waals surface area (Å²) in [5.41, 5.74) is 2.53. The van der Waals surface area contributed by atoms with Crippen molar-refractivity contribution < 1.29 is 14.7 Å². The highest BCUT2D eigenvalue weighted by Gasteiger charge is 2.12. The lowest BCUT2D eigenvalue weighted by Gasteiger charge is -2.14. The van der Waals surface area contributed by atoms with Crippen LogP contribution in [0.3, 0.4) is 0 Å². The average Bonchev–Trinajstić information content (AvgIpc) is 2.69. The van der Waals surface area contributed by atoms with Crippen molar-refractivity contribution in [1.82, 2.24) is 10.0 Å². The zero-order valence-electron chi connectivity index (χ0n) is 14.3. The van der Waals surface area contributed by atoms with E-state index in [4.69, 9.17) is 4.74 Å². The van der Waals surface area contributed by atoms with E-state index in [-0.39, 0.29) is 18.9 Å². The Kier molecular flexibility index (Phi) is 5.96. The molecule has 0 bridgehead atoms. The van der Waals surface area contributed by atoms with Crippen molar-refractivity contribution in [3.63, 3.8) is 0 Å². The van der Waals surface area contributed by atoms with E-state index in [1.165, 1.54) is 0 Å². The first-order chi connectivity index (χ1) is 12.7. The van der Waals surface area contributed by atoms with E-state index in [1.807, 2.05) is 60.7 Å². The van der Waals surface area contributed by atoms with E-state index in [2.05, 4.69) is 4.98 Å². The van der Waals surface area contributed by atoms with Gasteiger partial charge in [0.25, 0.3) is 5.91 Å². The molecule has 0 saturated heterocycles. The third kappa shape index (κ3) is 5.16. The molecular weight excluding hydrogens is 328 g/mol. The maximum Gasteiger partial charge on any atom is 0.250 e. The number of rotatable bonds is 7. The first-order valence-corrected chi connectivity index (χ1v) is 8.35. The zero-order valence-corrected chi connectivity index (χ0v) is 14.3. The fraction of sp³-hybridized carbons (Fsp3) is 0.143. The maximum atomic E-state index is 12.1. The number of benzene rings is 2. The van der Waals surface area contributed by atoms with Gasteiger partial charge in [-0.3, -0.25) is 15.0 Å². The van der Waals surface area contributed by atoms with Crippen molar-refractivity contribution in [2.24, 2.45) is 0 Å². The second-order valence-electron chi connectivity index (χ2n) is 5.87. The second kappa shape index (κ2) is 8.78. The highest BCUT2D eigenvalue weighted by Crippen LogP contribution is 2.15. The molecule has 1 aromatic heterocycles. The van der Waals surface area contributed by atoms with E-state index in [0.29, 0.717) is 17.4 Å². The van der Waals surface area contributed by atoms with Crippen LogP contribution in [-0.4, -0.2) is 21.2 Å². The van der Waals surface area contributed by atoms with Gasteiger partial charge >= 0.3 is 0 Å². The Morgan fingerprint density at radius 2 is 1.65 bits per heavy atom. The number of amides is 1. The predicted molar refractivity (Wildman–Crippen MR) is 97.5 cm³/mol. The molecule has 0 saturated carbocycles. The smallest absolute Gasteiger partial charge is 0.250 e. The van der Waals surface area contributed by atoms with Crippen LogP contribution in [-0.2, 0) is 24.4 Å². The summed E-state index contributed by atoms with van der Waals surface area (Å²) in [7, 11) is 0. The van der Waals surface area contributed by atoms with Gasteiger partial charge in [-0.25, -0.2) is 5.06 Å². The first kappa shape index (κ1) is 17.6. The third-order valence-electron chi connectivity index (χ3n) is 3.85. The summed E-state index contributed by atoms with van der Waals surface area (Å²) < 4.78 is 5.73. The van der Waals surface area contributed by atoms with Crippen LogP contribution >= 0.6 is 0 Å². The summed E-state index contributed by atoms with van der Waals surface area (Å²) >= 11 is 0. The third-order valence-corrected chi connectivity index (χ3v) is 3.85. The van der Waals surface area contributed by atoms with Gasteiger partial charge in [0.05, 0.1) is 18.7 Å². The molecule has 0 radical (unpaired) electrons. The molecule has 1 amide bonds. The Labute approximate surface area is 152 Å². The molecule has 0 aliphatic carbocycles. The molecule has 26 heavy (non-hydrogen) atoms. The quantitative estimate of drug-likeness (QED) is 0.523. The SMILES string of the molecule is O=C(Cc1ccc(OCc2ccccc2)cc1)N(O)Cc1ccccn1. The molecule has 5 heteroatoms. The number of nitrogens with zero attached hydrogens (tertiary/aromatic N) is 2. The van der Waals surface area contributed by atoms with Crippen molar-refractivity contribution in [3.8, 4) is 5.75 Å². The molecule has 3 rings (SSSR count). The summed E-state index contributed by atoms with van der Waals surface area (Å²) in [6, 6.07) is 22.6. The highest BCUT2D eigenvalue weighted by molar-refractivity contribution is 5.77. The lowest BCUT2D eigenvalue weighted by atomic mass is 10.1. The molecule has 0 atom stereocenters. The van der Waals surface area contributed by atoms with Gasteiger partial charge in [-0.05, 0) is 35.4 Å². The largest absolute Gasteiger partial charge is 0.489 e. The van der Waals surface area contributed by atoms with E-state index in [1.54, 1.807) is 18.3 Å². The Morgan fingerprint density at radius 3 is 2.35 bits per heavy atom. The van der Waals surface area contributed by atoms with Crippen LogP contribution in [0.5, 0.6) is 5.75 Å². The Bertz CT molecular complexity index is 821.